The topological polar surface area (TPSA) is 58.5 Å². The van der Waals surface area contributed by atoms with Crippen LogP contribution < -0.4 is 20.9 Å². The molecule has 2 aromatic rings. The Balaban J connectivity index is 1.54. The van der Waals surface area contributed by atoms with Gasteiger partial charge in [0, 0.05) is 31.1 Å². The maximum absolute atomic E-state index is 5.93. The maximum Gasteiger partial charge on any atom is 0.123 e. The number of nitrogens with one attached hydrogen (secondary N) is 3. The van der Waals surface area contributed by atoms with Crippen molar-refractivity contribution in [2.45, 2.75) is 33.4 Å². The highest BCUT2D eigenvalue weighted by atomic mass is 16.5. The van der Waals surface area contributed by atoms with Gasteiger partial charge in [-0.1, -0.05) is 32.0 Å². The lowest BCUT2D eigenvalue weighted by Gasteiger charge is -2.18. The van der Waals surface area contributed by atoms with Crippen LogP contribution in [0, 0.1) is 18.8 Å². The maximum atomic E-state index is 5.93. The van der Waals surface area contributed by atoms with Crippen LogP contribution in [-0.4, -0.2) is 19.7 Å². The third kappa shape index (κ3) is 4.84. The van der Waals surface area contributed by atoms with E-state index in [0.29, 0.717) is 11.8 Å². The zero-order valence-electron chi connectivity index (χ0n) is 15.3. The van der Waals surface area contributed by atoms with Crippen molar-refractivity contribution in [2.24, 2.45) is 11.8 Å². The minimum absolute atomic E-state index is 0.202. The third-order valence-corrected chi connectivity index (χ3v) is 4.43. The van der Waals surface area contributed by atoms with Gasteiger partial charge in [-0.05, 0) is 31.0 Å². The Kier molecular flexibility index (Phi) is 6.13. The quantitative estimate of drug-likeness (QED) is 0.687. The molecule has 5 heteroatoms. The van der Waals surface area contributed by atoms with Crippen LogP contribution in [0.15, 0.2) is 40.8 Å². The molecule has 3 N–H and O–H groups in total. The van der Waals surface area contributed by atoms with E-state index in [0.717, 1.165) is 43.5 Å². The normalized spacial score (nSPS) is 20.3. The van der Waals surface area contributed by atoms with Crippen LogP contribution in [0.5, 0.6) is 5.75 Å². The molecule has 0 radical (unpaired) electrons. The van der Waals surface area contributed by atoms with Crippen LogP contribution in [-0.2, 0) is 6.54 Å². The van der Waals surface area contributed by atoms with Gasteiger partial charge in [0.15, 0.2) is 0 Å². The first-order chi connectivity index (χ1) is 12.1. The SMILES string of the molecule is Cc1ccc(C2NNCC2CNCc2ccccc2OCC(C)C)o1. The average molecular weight is 343 g/mol. The Bertz CT molecular complexity index is 668. The summed E-state index contributed by atoms with van der Waals surface area (Å²) in [5.41, 5.74) is 7.77. The number of ether oxygens (including phenoxy) is 1. The van der Waals surface area contributed by atoms with Gasteiger partial charge in [-0.25, -0.2) is 5.43 Å². The Morgan fingerprint density at radius 2 is 2.08 bits per heavy atom. The number of hydrogen-bond acceptors (Lipinski definition) is 5. The Labute approximate surface area is 150 Å². The van der Waals surface area contributed by atoms with Gasteiger partial charge < -0.3 is 14.5 Å². The van der Waals surface area contributed by atoms with E-state index >= 15 is 0 Å². The van der Waals surface area contributed by atoms with E-state index in [2.05, 4.69) is 48.2 Å². The number of benzene rings is 1. The predicted octanol–water partition coefficient (Wildman–Crippen LogP) is 3.18. The minimum atomic E-state index is 0.202. The van der Waals surface area contributed by atoms with Gasteiger partial charge in [-0.15, -0.1) is 0 Å². The Morgan fingerprint density at radius 3 is 2.84 bits per heavy atom. The Hall–Kier alpha value is -1.82. The molecule has 5 nitrogen and oxygen atoms in total. The average Bonchev–Trinajstić information content (AvgIpc) is 3.22. The summed E-state index contributed by atoms with van der Waals surface area (Å²) in [6.07, 6.45) is 0. The molecule has 1 aliphatic heterocycles. The van der Waals surface area contributed by atoms with Gasteiger partial charge in [-0.2, -0.15) is 0 Å². The monoisotopic (exact) mass is 343 g/mol. The van der Waals surface area contributed by atoms with Gasteiger partial charge in [0.05, 0.1) is 12.6 Å². The standard InChI is InChI=1S/C20H29N3O2/c1-14(2)13-24-18-7-5-4-6-16(18)10-21-11-17-12-22-23-20(17)19-9-8-15(3)25-19/h4-9,14,17,20-23H,10-13H2,1-3H3. The van der Waals surface area contributed by atoms with Crippen molar-refractivity contribution in [1.82, 2.24) is 16.2 Å². The molecule has 1 aromatic carbocycles. The molecule has 1 fully saturated rings. The first-order valence-electron chi connectivity index (χ1n) is 9.09. The summed E-state index contributed by atoms with van der Waals surface area (Å²) in [4.78, 5) is 0. The molecule has 2 unspecified atom stereocenters. The van der Waals surface area contributed by atoms with Crippen LogP contribution in [0.25, 0.3) is 0 Å². The zero-order chi connectivity index (χ0) is 17.6. The summed E-state index contributed by atoms with van der Waals surface area (Å²) in [7, 11) is 0. The van der Waals surface area contributed by atoms with Gasteiger partial charge in [0.1, 0.15) is 17.3 Å². The van der Waals surface area contributed by atoms with Crippen LogP contribution in [0.1, 0.15) is 37.0 Å². The van der Waals surface area contributed by atoms with Crippen molar-refractivity contribution in [3.05, 3.63) is 53.5 Å². The second-order valence-corrected chi connectivity index (χ2v) is 7.15. The molecule has 0 aliphatic carbocycles. The van der Waals surface area contributed by atoms with E-state index < -0.39 is 0 Å². The van der Waals surface area contributed by atoms with Crippen molar-refractivity contribution in [1.29, 1.82) is 0 Å². The summed E-state index contributed by atoms with van der Waals surface area (Å²) in [6, 6.07) is 12.5. The second kappa shape index (κ2) is 8.52. The highest BCUT2D eigenvalue weighted by Crippen LogP contribution is 2.26. The first kappa shape index (κ1) is 18.0. The highest BCUT2D eigenvalue weighted by Gasteiger charge is 2.30. The molecule has 0 spiro atoms. The van der Waals surface area contributed by atoms with Crippen molar-refractivity contribution in [3.63, 3.8) is 0 Å². The molecule has 0 saturated carbocycles. The lowest BCUT2D eigenvalue weighted by Crippen LogP contribution is -2.28. The van der Waals surface area contributed by atoms with Crippen molar-refractivity contribution >= 4 is 0 Å². The molecule has 2 atom stereocenters. The number of hydrogen-bond donors (Lipinski definition) is 3. The molecule has 0 bridgehead atoms. The number of hydrazine groups is 1. The van der Waals surface area contributed by atoms with Crippen molar-refractivity contribution in [2.75, 3.05) is 19.7 Å². The van der Waals surface area contributed by atoms with Crippen LogP contribution in [0.2, 0.25) is 0 Å². The van der Waals surface area contributed by atoms with Gasteiger partial charge in [-0.3, -0.25) is 5.43 Å². The van der Waals surface area contributed by atoms with E-state index in [1.807, 2.05) is 25.1 Å². The summed E-state index contributed by atoms with van der Waals surface area (Å²) in [6.45, 7) is 9.68. The van der Waals surface area contributed by atoms with E-state index in [9.17, 15) is 0 Å². The summed E-state index contributed by atoms with van der Waals surface area (Å²) < 4.78 is 11.7. The van der Waals surface area contributed by atoms with E-state index in [-0.39, 0.29) is 6.04 Å². The molecule has 2 heterocycles. The fourth-order valence-corrected chi connectivity index (χ4v) is 3.09. The third-order valence-electron chi connectivity index (χ3n) is 4.43. The number of furan rings is 1. The molecular weight excluding hydrogens is 314 g/mol. The molecule has 1 aliphatic rings. The van der Waals surface area contributed by atoms with Crippen LogP contribution in [0.4, 0.5) is 0 Å². The number of rotatable bonds is 8. The van der Waals surface area contributed by atoms with Crippen molar-refractivity contribution in [3.8, 4) is 5.75 Å². The van der Waals surface area contributed by atoms with Gasteiger partial charge >= 0.3 is 0 Å². The second-order valence-electron chi connectivity index (χ2n) is 7.15. The fraction of sp³-hybridized carbons (Fsp3) is 0.500. The lowest BCUT2D eigenvalue weighted by atomic mass is 10.00. The van der Waals surface area contributed by atoms with Crippen LogP contribution >= 0.6 is 0 Å². The number of para-hydroxylation sites is 1. The first-order valence-corrected chi connectivity index (χ1v) is 9.09. The molecule has 136 valence electrons. The molecule has 1 saturated heterocycles. The smallest absolute Gasteiger partial charge is 0.123 e. The molecule has 1 aromatic heterocycles. The molecule has 0 amide bonds. The van der Waals surface area contributed by atoms with Crippen molar-refractivity contribution < 1.29 is 9.15 Å². The molecular formula is C20H29N3O2. The Morgan fingerprint density at radius 1 is 1.24 bits per heavy atom. The zero-order valence-corrected chi connectivity index (χ0v) is 15.3. The summed E-state index contributed by atoms with van der Waals surface area (Å²) in [5.74, 6) is 3.88. The van der Waals surface area contributed by atoms with Gasteiger partial charge in [0.25, 0.3) is 0 Å². The lowest BCUT2D eigenvalue weighted by molar-refractivity contribution is 0.267. The summed E-state index contributed by atoms with van der Waals surface area (Å²) >= 11 is 0. The van der Waals surface area contributed by atoms with E-state index in [4.69, 9.17) is 9.15 Å². The summed E-state index contributed by atoms with van der Waals surface area (Å²) in [5, 5.41) is 3.58. The van der Waals surface area contributed by atoms with Crippen LogP contribution in [0.3, 0.4) is 0 Å². The van der Waals surface area contributed by atoms with E-state index in [1.54, 1.807) is 0 Å². The largest absolute Gasteiger partial charge is 0.493 e. The minimum Gasteiger partial charge on any atom is -0.493 e. The van der Waals surface area contributed by atoms with E-state index in [1.165, 1.54) is 5.56 Å². The van der Waals surface area contributed by atoms with Gasteiger partial charge in [0.2, 0.25) is 0 Å². The molecule has 3 rings (SSSR count). The predicted molar refractivity (Wildman–Crippen MR) is 99.3 cm³/mol. The fourth-order valence-electron chi connectivity index (χ4n) is 3.09. The number of aryl methyl sites for hydroxylation is 1. The molecule has 25 heavy (non-hydrogen) atoms. The highest BCUT2D eigenvalue weighted by molar-refractivity contribution is 5.33.